The predicted octanol–water partition coefficient (Wildman–Crippen LogP) is 7.86. The van der Waals surface area contributed by atoms with Crippen molar-refractivity contribution in [1.82, 2.24) is 0 Å². The molecule has 0 heterocycles. The molecule has 0 saturated carbocycles. The van der Waals surface area contributed by atoms with E-state index in [-0.39, 0.29) is 12.4 Å². The van der Waals surface area contributed by atoms with Crippen molar-refractivity contribution in [3.05, 3.63) is 113 Å². The number of benzene rings is 4. The van der Waals surface area contributed by atoms with Crippen molar-refractivity contribution in [2.75, 3.05) is 11.9 Å². The molecule has 1 N–H and O–H groups in total. The quantitative estimate of drug-likeness (QED) is 0.252. The molecule has 34 heavy (non-hydrogen) atoms. The third-order valence-corrected chi connectivity index (χ3v) is 5.28. The SMILES string of the molecule is CCOc1cc(CNc2ccc(Oc3ccccc3)cc2)cc(Cl)c1OCc1ccc(F)cc1. The number of para-hydroxylation sites is 1. The zero-order valence-corrected chi connectivity index (χ0v) is 19.5. The highest BCUT2D eigenvalue weighted by atomic mass is 35.5. The van der Waals surface area contributed by atoms with E-state index in [9.17, 15) is 4.39 Å². The Hall–Kier alpha value is -3.70. The van der Waals surface area contributed by atoms with Crippen LogP contribution < -0.4 is 19.5 Å². The number of hydrogen-bond donors (Lipinski definition) is 1. The zero-order valence-electron chi connectivity index (χ0n) is 18.8. The van der Waals surface area contributed by atoms with Crippen LogP contribution in [0, 0.1) is 5.82 Å². The first-order chi connectivity index (χ1) is 16.6. The van der Waals surface area contributed by atoms with E-state index in [2.05, 4.69) is 5.32 Å². The number of halogens is 2. The topological polar surface area (TPSA) is 39.7 Å². The maximum absolute atomic E-state index is 13.1. The molecule has 4 rings (SSSR count). The zero-order chi connectivity index (χ0) is 23.8. The third-order valence-electron chi connectivity index (χ3n) is 5.00. The molecule has 6 heteroatoms. The maximum Gasteiger partial charge on any atom is 0.180 e. The van der Waals surface area contributed by atoms with Crippen LogP contribution in [0.5, 0.6) is 23.0 Å². The van der Waals surface area contributed by atoms with Gasteiger partial charge in [0, 0.05) is 12.2 Å². The highest BCUT2D eigenvalue weighted by molar-refractivity contribution is 6.32. The second kappa shape index (κ2) is 11.4. The van der Waals surface area contributed by atoms with Gasteiger partial charge in [-0.1, -0.05) is 41.9 Å². The number of rotatable bonds is 10. The first-order valence-electron chi connectivity index (χ1n) is 11.0. The van der Waals surface area contributed by atoms with Crippen molar-refractivity contribution < 1.29 is 18.6 Å². The average Bonchev–Trinajstić information content (AvgIpc) is 2.85. The van der Waals surface area contributed by atoms with E-state index < -0.39 is 0 Å². The summed E-state index contributed by atoms with van der Waals surface area (Å²) in [6, 6.07) is 27.3. The molecule has 0 aliphatic heterocycles. The second-order valence-corrected chi connectivity index (χ2v) is 7.95. The van der Waals surface area contributed by atoms with E-state index in [1.54, 1.807) is 12.1 Å². The summed E-state index contributed by atoms with van der Waals surface area (Å²) in [7, 11) is 0. The Morgan fingerprint density at radius 2 is 1.50 bits per heavy atom. The number of nitrogens with one attached hydrogen (secondary N) is 1. The summed E-state index contributed by atoms with van der Waals surface area (Å²) < 4.78 is 30.7. The fourth-order valence-corrected chi connectivity index (χ4v) is 3.62. The Balaban J connectivity index is 1.40. The second-order valence-electron chi connectivity index (χ2n) is 7.55. The molecule has 4 aromatic rings. The minimum absolute atomic E-state index is 0.259. The van der Waals surface area contributed by atoms with Crippen LogP contribution >= 0.6 is 11.6 Å². The fraction of sp³-hybridized carbons (Fsp3) is 0.143. The summed E-state index contributed by atoms with van der Waals surface area (Å²) in [6.45, 7) is 3.19. The van der Waals surface area contributed by atoms with E-state index in [0.717, 1.165) is 28.3 Å². The van der Waals surface area contributed by atoms with E-state index in [4.69, 9.17) is 25.8 Å². The van der Waals surface area contributed by atoms with Gasteiger partial charge in [0.15, 0.2) is 11.5 Å². The van der Waals surface area contributed by atoms with Gasteiger partial charge in [-0.15, -0.1) is 0 Å². The normalized spacial score (nSPS) is 10.6. The van der Waals surface area contributed by atoms with Gasteiger partial charge < -0.3 is 19.5 Å². The van der Waals surface area contributed by atoms with Gasteiger partial charge in [0.05, 0.1) is 11.6 Å². The van der Waals surface area contributed by atoms with E-state index >= 15 is 0 Å². The smallest absolute Gasteiger partial charge is 0.180 e. The molecule has 0 spiro atoms. The summed E-state index contributed by atoms with van der Waals surface area (Å²) in [5.41, 5.74) is 2.74. The van der Waals surface area contributed by atoms with Crippen molar-refractivity contribution in [1.29, 1.82) is 0 Å². The lowest BCUT2D eigenvalue weighted by Crippen LogP contribution is -2.04. The molecule has 0 aliphatic rings. The van der Waals surface area contributed by atoms with Gasteiger partial charge in [-0.2, -0.15) is 0 Å². The first kappa shape index (κ1) is 23.5. The monoisotopic (exact) mass is 477 g/mol. The third kappa shape index (κ3) is 6.42. The molecule has 0 amide bonds. The van der Waals surface area contributed by atoms with Gasteiger partial charge in [-0.05, 0) is 78.7 Å². The van der Waals surface area contributed by atoms with Crippen LogP contribution in [-0.2, 0) is 13.2 Å². The van der Waals surface area contributed by atoms with Crippen LogP contribution in [0.2, 0.25) is 5.02 Å². The maximum atomic E-state index is 13.1. The summed E-state index contributed by atoms with van der Waals surface area (Å²) in [5.74, 6) is 2.32. The van der Waals surface area contributed by atoms with Crippen LogP contribution in [0.4, 0.5) is 10.1 Å². The van der Waals surface area contributed by atoms with Crippen molar-refractivity contribution in [2.24, 2.45) is 0 Å². The molecule has 0 saturated heterocycles. The molecule has 0 fully saturated rings. The Morgan fingerprint density at radius 1 is 0.794 bits per heavy atom. The number of hydrogen-bond acceptors (Lipinski definition) is 4. The lowest BCUT2D eigenvalue weighted by molar-refractivity contribution is 0.269. The van der Waals surface area contributed by atoms with Gasteiger partial charge in [-0.25, -0.2) is 4.39 Å². The standard InChI is InChI=1S/C28H25ClFNO3/c1-2-32-27-17-21(16-26(29)28(27)33-19-20-8-10-22(30)11-9-20)18-31-23-12-14-25(15-13-23)34-24-6-4-3-5-7-24/h3-17,31H,2,18-19H2,1H3. The van der Waals surface area contributed by atoms with E-state index in [1.165, 1.54) is 12.1 Å². The number of anilines is 1. The van der Waals surface area contributed by atoms with Gasteiger partial charge in [-0.3, -0.25) is 0 Å². The fourth-order valence-electron chi connectivity index (χ4n) is 3.33. The van der Waals surface area contributed by atoms with Gasteiger partial charge in [0.1, 0.15) is 23.9 Å². The van der Waals surface area contributed by atoms with Crippen LogP contribution in [0.25, 0.3) is 0 Å². The van der Waals surface area contributed by atoms with Crippen molar-refractivity contribution in [2.45, 2.75) is 20.1 Å². The van der Waals surface area contributed by atoms with Crippen LogP contribution in [0.3, 0.4) is 0 Å². The molecule has 0 aromatic heterocycles. The molecule has 0 atom stereocenters. The molecule has 0 radical (unpaired) electrons. The largest absolute Gasteiger partial charge is 0.490 e. The molecule has 174 valence electrons. The molecular weight excluding hydrogens is 453 g/mol. The minimum atomic E-state index is -0.285. The summed E-state index contributed by atoms with van der Waals surface area (Å²) in [6.07, 6.45) is 0. The van der Waals surface area contributed by atoms with Gasteiger partial charge in [0.25, 0.3) is 0 Å². The van der Waals surface area contributed by atoms with E-state index in [0.29, 0.717) is 29.7 Å². The van der Waals surface area contributed by atoms with Crippen LogP contribution in [0.1, 0.15) is 18.1 Å². The Bertz CT molecular complexity index is 1200. The lowest BCUT2D eigenvalue weighted by Gasteiger charge is -2.16. The van der Waals surface area contributed by atoms with Crippen molar-refractivity contribution in [3.8, 4) is 23.0 Å². The molecule has 0 unspecified atom stereocenters. The van der Waals surface area contributed by atoms with Gasteiger partial charge in [0.2, 0.25) is 0 Å². The van der Waals surface area contributed by atoms with Crippen molar-refractivity contribution in [3.63, 3.8) is 0 Å². The minimum Gasteiger partial charge on any atom is -0.490 e. The number of ether oxygens (including phenoxy) is 3. The highest BCUT2D eigenvalue weighted by Crippen LogP contribution is 2.37. The molecule has 0 bridgehead atoms. The first-order valence-corrected chi connectivity index (χ1v) is 11.4. The van der Waals surface area contributed by atoms with E-state index in [1.807, 2.05) is 73.7 Å². The van der Waals surface area contributed by atoms with Crippen LogP contribution in [0.15, 0.2) is 91.0 Å². The van der Waals surface area contributed by atoms with Crippen LogP contribution in [-0.4, -0.2) is 6.61 Å². The Kier molecular flexibility index (Phi) is 7.89. The highest BCUT2D eigenvalue weighted by Gasteiger charge is 2.13. The predicted molar refractivity (Wildman–Crippen MR) is 134 cm³/mol. The Labute approximate surface area is 203 Å². The summed E-state index contributed by atoms with van der Waals surface area (Å²) in [5, 5.41) is 3.84. The molecule has 4 nitrogen and oxygen atoms in total. The lowest BCUT2D eigenvalue weighted by atomic mass is 10.2. The average molecular weight is 478 g/mol. The molecular formula is C28H25ClFNO3. The molecule has 4 aromatic carbocycles. The van der Waals surface area contributed by atoms with Crippen molar-refractivity contribution >= 4 is 17.3 Å². The Morgan fingerprint density at radius 3 is 2.21 bits per heavy atom. The summed E-state index contributed by atoms with van der Waals surface area (Å²) in [4.78, 5) is 0. The summed E-state index contributed by atoms with van der Waals surface area (Å²) >= 11 is 6.53. The molecule has 0 aliphatic carbocycles. The van der Waals surface area contributed by atoms with Gasteiger partial charge >= 0.3 is 0 Å².